The number of nitrogens with zero attached hydrogens (tertiary/aromatic N) is 1. The first-order valence-corrected chi connectivity index (χ1v) is 7.13. The minimum absolute atomic E-state index is 0.562. The highest BCUT2D eigenvalue weighted by Gasteiger charge is 2.26. The Hall–Kier alpha value is -1.98. The molecule has 0 unspecified atom stereocenters. The van der Waals surface area contributed by atoms with Gasteiger partial charge < -0.3 is 4.74 Å². The van der Waals surface area contributed by atoms with Gasteiger partial charge in [0.1, 0.15) is 22.8 Å². The summed E-state index contributed by atoms with van der Waals surface area (Å²) in [4.78, 5) is 11.0. The molecule has 20 heavy (non-hydrogen) atoms. The van der Waals surface area contributed by atoms with Crippen LogP contribution in [-0.4, -0.2) is 26.5 Å². The summed E-state index contributed by atoms with van der Waals surface area (Å²) in [6.45, 7) is 2.58. The molecule has 0 amide bonds. The Morgan fingerprint density at radius 1 is 1.40 bits per heavy atom. The summed E-state index contributed by atoms with van der Waals surface area (Å²) in [5.74, 6) is -1.84. The zero-order chi connectivity index (χ0) is 15.3. The molecule has 0 aliphatic carbocycles. The van der Waals surface area contributed by atoms with E-state index >= 15 is 0 Å². The molecule has 0 spiro atoms. The first-order valence-electron chi connectivity index (χ1n) is 5.65. The molecule has 0 radical (unpaired) electrons. The Morgan fingerprint density at radius 3 is 2.55 bits per heavy atom. The molecule has 0 heterocycles. The van der Waals surface area contributed by atoms with Gasteiger partial charge in [-0.15, -0.1) is 0 Å². The van der Waals surface area contributed by atoms with Crippen LogP contribution in [0.1, 0.15) is 13.8 Å². The normalized spacial score (nSPS) is 14.1. The molecule has 1 rings (SSSR count). The van der Waals surface area contributed by atoms with Gasteiger partial charge >= 0.3 is 5.97 Å². The molecule has 0 aliphatic heterocycles. The van der Waals surface area contributed by atoms with E-state index in [4.69, 9.17) is 5.26 Å². The Bertz CT molecular complexity index is 639. The van der Waals surface area contributed by atoms with Crippen LogP contribution in [0.4, 0.5) is 4.39 Å². The maximum absolute atomic E-state index is 13.4. The molecule has 6 nitrogen and oxygen atoms in total. The topological polar surface area (TPSA) is 96.3 Å². The maximum atomic E-state index is 13.4. The van der Waals surface area contributed by atoms with Gasteiger partial charge in [0.05, 0.1) is 0 Å². The highest BCUT2D eigenvalue weighted by Crippen LogP contribution is 2.13. The summed E-state index contributed by atoms with van der Waals surface area (Å²) < 4.78 is 43.9. The smallest absolute Gasteiger partial charge is 0.325 e. The van der Waals surface area contributed by atoms with Crippen LogP contribution in [0.25, 0.3) is 0 Å². The van der Waals surface area contributed by atoms with Crippen LogP contribution in [0.5, 0.6) is 0 Å². The summed E-state index contributed by atoms with van der Waals surface area (Å²) in [7, 11) is -4.19. The molecule has 0 aliphatic rings. The fraction of sp³-hybridized carbons (Fsp3) is 0.333. The summed E-state index contributed by atoms with van der Waals surface area (Å²) in [5.41, 5.74) is 0. The van der Waals surface area contributed by atoms with E-state index in [-0.39, 0.29) is 0 Å². The number of carbonyl (C=O) groups is 1. The van der Waals surface area contributed by atoms with E-state index < -0.39 is 38.9 Å². The minimum Gasteiger partial charge on any atom is -0.446 e. The van der Waals surface area contributed by atoms with E-state index in [0.717, 1.165) is 12.1 Å². The standard InChI is InChI=1S/C12H13FN2O4S/c1-8(7-14)19-12(16)9(2)15-20(17,18)11-6-4-3-5-10(11)13/h3-6,8-9,15H,1-2H3/t8-,9+/m1/s1. The van der Waals surface area contributed by atoms with E-state index in [0.29, 0.717) is 0 Å². The lowest BCUT2D eigenvalue weighted by Crippen LogP contribution is -2.40. The lowest BCUT2D eigenvalue weighted by molar-refractivity contribution is -0.147. The van der Waals surface area contributed by atoms with E-state index in [9.17, 15) is 17.6 Å². The van der Waals surface area contributed by atoms with E-state index in [1.807, 2.05) is 4.72 Å². The van der Waals surface area contributed by atoms with Gasteiger partial charge in [0.2, 0.25) is 10.0 Å². The largest absolute Gasteiger partial charge is 0.446 e. The second-order valence-corrected chi connectivity index (χ2v) is 5.66. The lowest BCUT2D eigenvalue weighted by Gasteiger charge is -2.14. The van der Waals surface area contributed by atoms with Crippen LogP contribution in [0.3, 0.4) is 0 Å². The monoisotopic (exact) mass is 300 g/mol. The van der Waals surface area contributed by atoms with Crippen molar-refractivity contribution in [3.05, 3.63) is 30.1 Å². The predicted molar refractivity (Wildman–Crippen MR) is 67.4 cm³/mol. The van der Waals surface area contributed by atoms with Crippen molar-refractivity contribution in [3.63, 3.8) is 0 Å². The molecule has 0 saturated carbocycles. The average Bonchev–Trinajstić information content (AvgIpc) is 2.38. The van der Waals surface area contributed by atoms with Gasteiger partial charge in [-0.25, -0.2) is 12.8 Å². The van der Waals surface area contributed by atoms with Crippen LogP contribution >= 0.6 is 0 Å². The van der Waals surface area contributed by atoms with Gasteiger partial charge in [-0.05, 0) is 26.0 Å². The van der Waals surface area contributed by atoms with Gasteiger partial charge in [0, 0.05) is 0 Å². The van der Waals surface area contributed by atoms with Crippen molar-refractivity contribution in [3.8, 4) is 6.07 Å². The summed E-state index contributed by atoms with van der Waals surface area (Å²) in [6, 6.07) is 5.21. The summed E-state index contributed by atoms with van der Waals surface area (Å²) in [6.07, 6.45) is -0.997. The first-order chi connectivity index (χ1) is 9.27. The van der Waals surface area contributed by atoms with Crippen molar-refractivity contribution in [2.45, 2.75) is 30.9 Å². The third-order valence-corrected chi connectivity index (χ3v) is 3.86. The van der Waals surface area contributed by atoms with Gasteiger partial charge in [0.15, 0.2) is 6.10 Å². The maximum Gasteiger partial charge on any atom is 0.325 e. The van der Waals surface area contributed by atoms with Crippen molar-refractivity contribution < 1.29 is 22.3 Å². The molecule has 0 saturated heterocycles. The number of benzene rings is 1. The Kier molecular flexibility index (Phi) is 5.19. The molecule has 0 fully saturated rings. The fourth-order valence-electron chi connectivity index (χ4n) is 1.31. The van der Waals surface area contributed by atoms with Crippen LogP contribution in [0.2, 0.25) is 0 Å². The quantitative estimate of drug-likeness (QED) is 0.817. The lowest BCUT2D eigenvalue weighted by atomic mass is 10.3. The molecule has 1 aromatic rings. The van der Waals surface area contributed by atoms with E-state index in [1.54, 1.807) is 6.07 Å². The third-order valence-electron chi connectivity index (χ3n) is 2.29. The van der Waals surface area contributed by atoms with Crippen LogP contribution < -0.4 is 4.72 Å². The number of sulfonamides is 1. The number of carbonyl (C=O) groups excluding carboxylic acids is 1. The fourth-order valence-corrected chi connectivity index (χ4v) is 2.58. The number of esters is 1. The van der Waals surface area contributed by atoms with Gasteiger partial charge in [-0.3, -0.25) is 4.79 Å². The van der Waals surface area contributed by atoms with Gasteiger partial charge in [-0.2, -0.15) is 9.98 Å². The van der Waals surface area contributed by atoms with E-state index in [1.165, 1.54) is 26.0 Å². The van der Waals surface area contributed by atoms with Crippen molar-refractivity contribution in [1.82, 2.24) is 4.72 Å². The molecule has 1 aromatic carbocycles. The number of hydrogen-bond acceptors (Lipinski definition) is 5. The van der Waals surface area contributed by atoms with Crippen LogP contribution in [0.15, 0.2) is 29.2 Å². The highest BCUT2D eigenvalue weighted by molar-refractivity contribution is 7.89. The number of hydrogen-bond donors (Lipinski definition) is 1. The number of rotatable bonds is 5. The van der Waals surface area contributed by atoms with Crippen LogP contribution in [0, 0.1) is 17.1 Å². The molecule has 108 valence electrons. The SMILES string of the molecule is C[C@H](C#N)OC(=O)[C@H](C)NS(=O)(=O)c1ccccc1F. The molecule has 0 aromatic heterocycles. The number of halogens is 1. The van der Waals surface area contributed by atoms with Crippen molar-refractivity contribution in [1.29, 1.82) is 5.26 Å². The number of nitriles is 1. The number of ether oxygens (including phenoxy) is 1. The molecule has 0 bridgehead atoms. The summed E-state index contributed by atoms with van der Waals surface area (Å²) >= 11 is 0. The minimum atomic E-state index is -4.19. The third kappa shape index (κ3) is 4.01. The van der Waals surface area contributed by atoms with Gasteiger partial charge in [-0.1, -0.05) is 12.1 Å². The van der Waals surface area contributed by atoms with Gasteiger partial charge in [0.25, 0.3) is 0 Å². The Balaban J connectivity index is 2.85. The Labute approximate surface area is 116 Å². The molecule has 8 heteroatoms. The molecule has 1 N–H and O–H groups in total. The molecule has 2 atom stereocenters. The average molecular weight is 300 g/mol. The second kappa shape index (κ2) is 6.45. The summed E-state index contributed by atoms with van der Waals surface area (Å²) in [5, 5.41) is 8.50. The highest BCUT2D eigenvalue weighted by atomic mass is 32.2. The zero-order valence-corrected chi connectivity index (χ0v) is 11.6. The Morgan fingerprint density at radius 2 is 2.00 bits per heavy atom. The van der Waals surface area contributed by atoms with Crippen LogP contribution in [-0.2, 0) is 19.6 Å². The van der Waals surface area contributed by atoms with Crippen molar-refractivity contribution >= 4 is 16.0 Å². The predicted octanol–water partition coefficient (Wildman–Crippen LogP) is 0.948. The molecular formula is C12H13FN2O4S. The second-order valence-electron chi connectivity index (χ2n) is 3.98. The first kappa shape index (κ1) is 16.1. The van der Waals surface area contributed by atoms with Crippen molar-refractivity contribution in [2.24, 2.45) is 0 Å². The van der Waals surface area contributed by atoms with Crippen molar-refractivity contribution in [2.75, 3.05) is 0 Å². The number of nitrogens with one attached hydrogen (secondary N) is 1. The van der Waals surface area contributed by atoms with E-state index in [2.05, 4.69) is 4.74 Å². The zero-order valence-electron chi connectivity index (χ0n) is 10.8. The molecular weight excluding hydrogens is 287 g/mol.